The van der Waals surface area contributed by atoms with E-state index in [1.54, 1.807) is 0 Å². The van der Waals surface area contributed by atoms with Crippen molar-refractivity contribution in [3.63, 3.8) is 0 Å². The Kier molecular flexibility index (Phi) is 3.10. The molecule has 0 aliphatic carbocycles. The number of nitrogens with zero attached hydrogens (tertiary/aromatic N) is 1. The molecule has 3 rings (SSSR count). The topological polar surface area (TPSA) is 105 Å². The fourth-order valence-electron chi connectivity index (χ4n) is 1.78. The molecule has 0 saturated heterocycles. The van der Waals surface area contributed by atoms with Gasteiger partial charge in [-0.3, -0.25) is 9.71 Å². The zero-order valence-corrected chi connectivity index (χ0v) is 12.8. The predicted octanol–water partition coefficient (Wildman–Crippen LogP) is 2.00. The number of oxazole rings is 1. The van der Waals surface area contributed by atoms with Gasteiger partial charge in [0.2, 0.25) is 0 Å². The highest BCUT2D eigenvalue weighted by atomic mass is 32.2. The molecule has 0 aliphatic heterocycles. The lowest BCUT2D eigenvalue weighted by atomic mass is 10.3. The van der Waals surface area contributed by atoms with Crippen molar-refractivity contribution in [3.8, 4) is 0 Å². The minimum atomic E-state index is -3.78. The molecule has 0 bridgehead atoms. The molecule has 9 heteroatoms. The number of rotatable bonds is 3. The van der Waals surface area contributed by atoms with E-state index in [-0.39, 0.29) is 10.5 Å². The number of hydrogen-bond acceptors (Lipinski definition) is 6. The number of hydrogen-bond donors (Lipinski definition) is 2. The number of aromatic amines is 1. The Labute approximate surface area is 123 Å². The van der Waals surface area contributed by atoms with E-state index in [2.05, 4.69) is 14.7 Å². The maximum Gasteiger partial charge on any atom is 0.417 e. The molecule has 2 aromatic heterocycles. The summed E-state index contributed by atoms with van der Waals surface area (Å²) in [5.74, 6) is -0.626. The Balaban J connectivity index is 2.00. The summed E-state index contributed by atoms with van der Waals surface area (Å²) in [6, 6.07) is 4.17. The first kappa shape index (κ1) is 13.8. The van der Waals surface area contributed by atoms with Crippen LogP contribution in [0.4, 0.5) is 5.13 Å². The van der Waals surface area contributed by atoms with Crippen LogP contribution in [0.15, 0.2) is 32.3 Å². The highest BCUT2D eigenvalue weighted by Crippen LogP contribution is 2.25. The summed E-state index contributed by atoms with van der Waals surface area (Å²) >= 11 is 1.26. The van der Waals surface area contributed by atoms with Crippen LogP contribution in [0.1, 0.15) is 10.6 Å². The van der Waals surface area contributed by atoms with E-state index in [0.29, 0.717) is 10.6 Å². The fourth-order valence-corrected chi connectivity index (χ4v) is 3.85. The van der Waals surface area contributed by atoms with Crippen molar-refractivity contribution in [1.29, 1.82) is 0 Å². The molecular formula is C12H11N3O4S2. The Bertz CT molecular complexity index is 962. The molecule has 0 aliphatic rings. The second-order valence-electron chi connectivity index (χ2n) is 4.44. The van der Waals surface area contributed by atoms with Crippen LogP contribution in [0.3, 0.4) is 0 Å². The summed E-state index contributed by atoms with van der Waals surface area (Å²) in [5, 5.41) is 0.306. The van der Waals surface area contributed by atoms with Gasteiger partial charge in [0, 0.05) is 10.9 Å². The smallest absolute Gasteiger partial charge is 0.408 e. The summed E-state index contributed by atoms with van der Waals surface area (Å²) in [6.07, 6.45) is 0. The van der Waals surface area contributed by atoms with Crippen molar-refractivity contribution in [2.24, 2.45) is 0 Å². The van der Waals surface area contributed by atoms with Crippen LogP contribution in [0.25, 0.3) is 11.1 Å². The fraction of sp³-hybridized carbons (Fsp3) is 0.167. The van der Waals surface area contributed by atoms with Crippen molar-refractivity contribution in [3.05, 3.63) is 39.3 Å². The van der Waals surface area contributed by atoms with Crippen LogP contribution < -0.4 is 10.5 Å². The third-order valence-electron chi connectivity index (χ3n) is 2.95. The molecule has 0 saturated carbocycles. The second-order valence-corrected chi connectivity index (χ2v) is 7.32. The zero-order chi connectivity index (χ0) is 15.2. The minimum absolute atomic E-state index is 0.00301. The molecule has 0 radical (unpaired) electrons. The number of benzene rings is 1. The van der Waals surface area contributed by atoms with Gasteiger partial charge in [-0.05, 0) is 26.0 Å². The Morgan fingerprint density at radius 2 is 2.10 bits per heavy atom. The number of anilines is 1. The molecule has 0 atom stereocenters. The molecule has 0 fully saturated rings. The van der Waals surface area contributed by atoms with E-state index in [0.717, 1.165) is 10.6 Å². The molecule has 0 spiro atoms. The average Bonchev–Trinajstić information content (AvgIpc) is 2.90. The lowest BCUT2D eigenvalue weighted by Crippen LogP contribution is -2.12. The lowest BCUT2D eigenvalue weighted by molar-refractivity contribution is 0.554. The van der Waals surface area contributed by atoms with E-state index in [4.69, 9.17) is 4.42 Å². The standard InChI is InChI=1S/C12H11N3O4S2/c1-6-7(2)20-11(13-6)15-21(17,18)8-3-4-9-10(5-8)19-12(16)14-9/h3-5H,1-2H3,(H,13,15)(H,14,16). The first-order valence-electron chi connectivity index (χ1n) is 5.95. The molecule has 3 aromatic rings. The van der Waals surface area contributed by atoms with Crippen molar-refractivity contribution in [2.75, 3.05) is 4.72 Å². The van der Waals surface area contributed by atoms with Gasteiger partial charge in [0.25, 0.3) is 10.0 Å². The highest BCUT2D eigenvalue weighted by Gasteiger charge is 2.18. The van der Waals surface area contributed by atoms with Crippen molar-refractivity contribution >= 4 is 37.6 Å². The quantitative estimate of drug-likeness (QED) is 0.766. The van der Waals surface area contributed by atoms with E-state index < -0.39 is 15.8 Å². The van der Waals surface area contributed by atoms with Gasteiger partial charge >= 0.3 is 5.76 Å². The number of thiazole rings is 1. The van der Waals surface area contributed by atoms with E-state index in [1.807, 2.05) is 13.8 Å². The lowest BCUT2D eigenvalue weighted by Gasteiger charge is -2.04. The van der Waals surface area contributed by atoms with Gasteiger partial charge in [-0.1, -0.05) is 0 Å². The molecule has 110 valence electrons. The molecule has 7 nitrogen and oxygen atoms in total. The summed E-state index contributed by atoms with van der Waals surface area (Å²) in [4.78, 5) is 18.6. The molecule has 2 heterocycles. The number of nitrogens with one attached hydrogen (secondary N) is 2. The Morgan fingerprint density at radius 3 is 2.76 bits per heavy atom. The van der Waals surface area contributed by atoms with E-state index in [9.17, 15) is 13.2 Å². The van der Waals surface area contributed by atoms with Crippen LogP contribution in [0.2, 0.25) is 0 Å². The first-order valence-corrected chi connectivity index (χ1v) is 8.25. The van der Waals surface area contributed by atoms with Gasteiger partial charge in [0.1, 0.15) is 0 Å². The van der Waals surface area contributed by atoms with Crippen molar-refractivity contribution < 1.29 is 12.8 Å². The van der Waals surface area contributed by atoms with Crippen LogP contribution in [0.5, 0.6) is 0 Å². The number of aromatic nitrogens is 2. The largest absolute Gasteiger partial charge is 0.417 e. The van der Waals surface area contributed by atoms with Crippen LogP contribution in [0, 0.1) is 13.8 Å². The highest BCUT2D eigenvalue weighted by molar-refractivity contribution is 7.93. The number of fused-ring (bicyclic) bond motifs is 1. The molecule has 2 N–H and O–H groups in total. The Hall–Kier alpha value is -2.13. The van der Waals surface area contributed by atoms with Gasteiger partial charge in [-0.25, -0.2) is 18.2 Å². The second kappa shape index (κ2) is 4.71. The van der Waals surface area contributed by atoms with Crippen LogP contribution in [-0.4, -0.2) is 18.4 Å². The number of aryl methyl sites for hydroxylation is 2. The number of H-pyrrole nitrogens is 1. The van der Waals surface area contributed by atoms with Gasteiger partial charge in [0.05, 0.1) is 16.1 Å². The number of sulfonamides is 1. The van der Waals surface area contributed by atoms with Gasteiger partial charge in [-0.15, -0.1) is 11.3 Å². The summed E-state index contributed by atoms with van der Waals surface area (Å²) in [6.45, 7) is 3.68. The van der Waals surface area contributed by atoms with Gasteiger partial charge in [0.15, 0.2) is 10.7 Å². The molecular weight excluding hydrogens is 314 g/mol. The molecule has 1 aromatic carbocycles. The normalized spacial score (nSPS) is 11.9. The van der Waals surface area contributed by atoms with Gasteiger partial charge < -0.3 is 4.42 Å². The van der Waals surface area contributed by atoms with Crippen molar-refractivity contribution in [1.82, 2.24) is 9.97 Å². The summed E-state index contributed by atoms with van der Waals surface area (Å²) in [5.41, 5.74) is 1.42. The SMILES string of the molecule is Cc1nc(NS(=O)(=O)c2ccc3[nH]c(=O)oc3c2)sc1C. The van der Waals surface area contributed by atoms with Crippen molar-refractivity contribution in [2.45, 2.75) is 18.7 Å². The van der Waals surface area contributed by atoms with Crippen LogP contribution >= 0.6 is 11.3 Å². The third-order valence-corrected chi connectivity index (χ3v) is 5.41. The molecule has 21 heavy (non-hydrogen) atoms. The third kappa shape index (κ3) is 2.57. The maximum atomic E-state index is 12.3. The zero-order valence-electron chi connectivity index (χ0n) is 11.1. The monoisotopic (exact) mass is 325 g/mol. The van der Waals surface area contributed by atoms with Crippen LogP contribution in [-0.2, 0) is 10.0 Å². The minimum Gasteiger partial charge on any atom is -0.408 e. The van der Waals surface area contributed by atoms with E-state index in [1.165, 1.54) is 29.5 Å². The maximum absolute atomic E-state index is 12.3. The first-order chi connectivity index (χ1) is 9.85. The van der Waals surface area contributed by atoms with E-state index >= 15 is 0 Å². The predicted molar refractivity (Wildman–Crippen MR) is 79.2 cm³/mol. The molecule has 0 unspecified atom stereocenters. The summed E-state index contributed by atoms with van der Waals surface area (Å²) < 4.78 is 31.9. The Morgan fingerprint density at radius 1 is 1.33 bits per heavy atom. The average molecular weight is 325 g/mol. The molecule has 0 amide bonds. The van der Waals surface area contributed by atoms with Gasteiger partial charge in [-0.2, -0.15) is 0 Å². The summed E-state index contributed by atoms with van der Waals surface area (Å²) in [7, 11) is -3.78.